The predicted octanol–water partition coefficient (Wildman–Crippen LogP) is 1.01. The number of hydrazine groups is 1. The van der Waals surface area contributed by atoms with Gasteiger partial charge < -0.3 is 4.74 Å². The number of amides is 1. The van der Waals surface area contributed by atoms with Gasteiger partial charge in [-0.2, -0.15) is 0 Å². The molecule has 0 saturated carbocycles. The molecule has 2 heterocycles. The smallest absolute Gasteiger partial charge is 0.291 e. The Hall–Kier alpha value is -2.47. The summed E-state index contributed by atoms with van der Waals surface area (Å²) in [5.74, 6) is 5.78. The van der Waals surface area contributed by atoms with Gasteiger partial charge in [0.05, 0.1) is 19.0 Å². The highest BCUT2D eigenvalue weighted by molar-refractivity contribution is 6.03. The predicted molar refractivity (Wildman–Crippen MR) is 66.0 cm³/mol. The van der Waals surface area contributed by atoms with Crippen LogP contribution >= 0.6 is 0 Å². The zero-order chi connectivity index (χ0) is 13.0. The van der Waals surface area contributed by atoms with Crippen molar-refractivity contribution in [1.82, 2.24) is 9.97 Å². The Bertz CT molecular complexity index is 528. The largest absolute Gasteiger partial charge is 0.481 e. The summed E-state index contributed by atoms with van der Waals surface area (Å²) in [6, 6.07) is 8.32. The zero-order valence-electron chi connectivity index (χ0n) is 9.78. The molecule has 0 fully saturated rings. The molecular formula is C12H12N4O2. The molecular weight excluding hydrogens is 232 g/mol. The van der Waals surface area contributed by atoms with Gasteiger partial charge in [0.1, 0.15) is 5.69 Å². The summed E-state index contributed by atoms with van der Waals surface area (Å²) in [7, 11) is 1.52. The van der Waals surface area contributed by atoms with Crippen molar-refractivity contribution in [1.29, 1.82) is 0 Å². The summed E-state index contributed by atoms with van der Waals surface area (Å²) in [5, 5.41) is 0.995. The lowest BCUT2D eigenvalue weighted by molar-refractivity contribution is 0.0982. The van der Waals surface area contributed by atoms with Crippen molar-refractivity contribution in [3.63, 3.8) is 0 Å². The number of pyridine rings is 2. The SMILES string of the molecule is COc1ccc(N(N)C(=O)c2ccccn2)cn1. The molecule has 92 valence electrons. The molecule has 6 heteroatoms. The van der Waals surface area contributed by atoms with Gasteiger partial charge >= 0.3 is 0 Å². The molecule has 0 radical (unpaired) electrons. The van der Waals surface area contributed by atoms with Gasteiger partial charge in [0, 0.05) is 12.3 Å². The molecule has 0 atom stereocenters. The molecule has 0 unspecified atom stereocenters. The molecule has 0 aliphatic carbocycles. The highest BCUT2D eigenvalue weighted by Crippen LogP contribution is 2.15. The van der Waals surface area contributed by atoms with Gasteiger partial charge in [-0.15, -0.1) is 0 Å². The van der Waals surface area contributed by atoms with Gasteiger partial charge in [0.25, 0.3) is 5.91 Å². The number of aromatic nitrogens is 2. The molecule has 18 heavy (non-hydrogen) atoms. The maximum absolute atomic E-state index is 12.0. The number of anilines is 1. The number of rotatable bonds is 3. The van der Waals surface area contributed by atoms with Crippen molar-refractivity contribution in [3.8, 4) is 5.88 Å². The summed E-state index contributed by atoms with van der Waals surface area (Å²) in [6.07, 6.45) is 2.99. The number of nitrogens with two attached hydrogens (primary N) is 1. The van der Waals surface area contributed by atoms with Crippen LogP contribution in [-0.2, 0) is 0 Å². The first-order chi connectivity index (χ1) is 8.72. The van der Waals surface area contributed by atoms with Crippen molar-refractivity contribution in [2.45, 2.75) is 0 Å². The van der Waals surface area contributed by atoms with Gasteiger partial charge in [-0.3, -0.25) is 9.78 Å². The van der Waals surface area contributed by atoms with Crippen molar-refractivity contribution in [2.75, 3.05) is 12.1 Å². The fourth-order valence-corrected chi connectivity index (χ4v) is 1.37. The second-order valence-corrected chi connectivity index (χ2v) is 3.45. The monoisotopic (exact) mass is 244 g/mol. The molecule has 0 bridgehead atoms. The number of methoxy groups -OCH3 is 1. The molecule has 6 nitrogen and oxygen atoms in total. The van der Waals surface area contributed by atoms with Crippen LogP contribution in [0.4, 0.5) is 5.69 Å². The molecule has 2 aromatic rings. The van der Waals surface area contributed by atoms with Gasteiger partial charge in [-0.05, 0) is 18.2 Å². The lowest BCUT2D eigenvalue weighted by Gasteiger charge is -2.15. The Balaban J connectivity index is 2.20. The molecule has 0 aliphatic heterocycles. The zero-order valence-corrected chi connectivity index (χ0v) is 9.78. The van der Waals surface area contributed by atoms with Crippen LogP contribution in [0.2, 0.25) is 0 Å². The van der Waals surface area contributed by atoms with E-state index in [4.69, 9.17) is 10.6 Å². The second-order valence-electron chi connectivity index (χ2n) is 3.45. The minimum absolute atomic E-state index is 0.274. The summed E-state index contributed by atoms with van der Waals surface area (Å²) >= 11 is 0. The summed E-state index contributed by atoms with van der Waals surface area (Å²) in [5.41, 5.74) is 0.738. The van der Waals surface area contributed by atoms with Crippen LogP contribution in [0.1, 0.15) is 10.5 Å². The minimum atomic E-state index is -0.400. The van der Waals surface area contributed by atoms with E-state index < -0.39 is 5.91 Å². The van der Waals surface area contributed by atoms with E-state index >= 15 is 0 Å². The molecule has 0 aliphatic rings. The number of ether oxygens (including phenoxy) is 1. The Labute approximate surface area is 104 Å². The Kier molecular flexibility index (Phi) is 3.49. The van der Waals surface area contributed by atoms with E-state index in [-0.39, 0.29) is 5.69 Å². The van der Waals surface area contributed by atoms with E-state index in [1.54, 1.807) is 30.3 Å². The van der Waals surface area contributed by atoms with E-state index in [0.717, 1.165) is 5.01 Å². The van der Waals surface area contributed by atoms with Crippen LogP contribution < -0.4 is 15.6 Å². The van der Waals surface area contributed by atoms with Crippen LogP contribution in [0.5, 0.6) is 5.88 Å². The number of nitrogens with zero attached hydrogens (tertiary/aromatic N) is 3. The average molecular weight is 244 g/mol. The van der Waals surface area contributed by atoms with Crippen molar-refractivity contribution >= 4 is 11.6 Å². The quantitative estimate of drug-likeness (QED) is 0.495. The third-order valence-electron chi connectivity index (χ3n) is 2.31. The van der Waals surface area contributed by atoms with E-state index in [2.05, 4.69) is 9.97 Å². The van der Waals surface area contributed by atoms with Crippen LogP contribution in [0.3, 0.4) is 0 Å². The lowest BCUT2D eigenvalue weighted by atomic mass is 10.3. The number of carbonyl (C=O) groups excluding carboxylic acids is 1. The topological polar surface area (TPSA) is 81.3 Å². The standard InChI is InChI=1S/C12H12N4O2/c1-18-11-6-5-9(8-15-11)16(13)12(17)10-4-2-3-7-14-10/h2-8H,13H2,1H3. The van der Waals surface area contributed by atoms with Crippen LogP contribution in [0, 0.1) is 0 Å². The molecule has 2 aromatic heterocycles. The first kappa shape index (κ1) is 12.0. The van der Waals surface area contributed by atoms with Crippen LogP contribution in [0.25, 0.3) is 0 Å². The van der Waals surface area contributed by atoms with Gasteiger partial charge in [0.2, 0.25) is 5.88 Å². The normalized spacial score (nSPS) is 9.89. The van der Waals surface area contributed by atoms with Crippen LogP contribution in [0.15, 0.2) is 42.7 Å². The van der Waals surface area contributed by atoms with Crippen molar-refractivity contribution < 1.29 is 9.53 Å². The first-order valence-corrected chi connectivity index (χ1v) is 5.22. The average Bonchev–Trinajstić information content (AvgIpc) is 2.47. The number of carbonyl (C=O) groups is 1. The van der Waals surface area contributed by atoms with Gasteiger partial charge in [0.15, 0.2) is 0 Å². The fourth-order valence-electron chi connectivity index (χ4n) is 1.37. The highest BCUT2D eigenvalue weighted by Gasteiger charge is 2.15. The van der Waals surface area contributed by atoms with Crippen LogP contribution in [-0.4, -0.2) is 23.0 Å². The lowest BCUT2D eigenvalue weighted by Crippen LogP contribution is -2.38. The molecule has 2 N–H and O–H groups in total. The summed E-state index contributed by atoms with van der Waals surface area (Å²) in [4.78, 5) is 19.9. The van der Waals surface area contributed by atoms with E-state index in [9.17, 15) is 4.79 Å². The number of hydrogen-bond donors (Lipinski definition) is 1. The Morgan fingerprint density at radius 2 is 2.11 bits per heavy atom. The van der Waals surface area contributed by atoms with Gasteiger partial charge in [-0.25, -0.2) is 15.8 Å². The van der Waals surface area contributed by atoms with Gasteiger partial charge in [-0.1, -0.05) is 6.07 Å². The molecule has 0 saturated heterocycles. The number of hydrogen-bond acceptors (Lipinski definition) is 5. The molecule has 2 rings (SSSR count). The van der Waals surface area contributed by atoms with E-state index in [0.29, 0.717) is 11.6 Å². The molecule has 1 amide bonds. The minimum Gasteiger partial charge on any atom is -0.481 e. The second kappa shape index (κ2) is 5.24. The summed E-state index contributed by atoms with van der Waals surface area (Å²) in [6.45, 7) is 0. The third kappa shape index (κ3) is 2.44. The first-order valence-electron chi connectivity index (χ1n) is 5.22. The van der Waals surface area contributed by atoms with E-state index in [1.165, 1.54) is 19.5 Å². The molecule has 0 spiro atoms. The highest BCUT2D eigenvalue weighted by atomic mass is 16.5. The van der Waals surface area contributed by atoms with E-state index in [1.807, 2.05) is 0 Å². The Morgan fingerprint density at radius 3 is 2.67 bits per heavy atom. The fraction of sp³-hybridized carbons (Fsp3) is 0.0833. The maximum atomic E-state index is 12.0. The maximum Gasteiger partial charge on any atom is 0.291 e. The van der Waals surface area contributed by atoms with Crippen molar-refractivity contribution in [3.05, 3.63) is 48.4 Å². The van der Waals surface area contributed by atoms with Crippen molar-refractivity contribution in [2.24, 2.45) is 5.84 Å². The summed E-state index contributed by atoms with van der Waals surface area (Å²) < 4.78 is 4.93. The third-order valence-corrected chi connectivity index (χ3v) is 2.31. The molecule has 0 aromatic carbocycles. The Morgan fingerprint density at radius 1 is 1.28 bits per heavy atom.